The van der Waals surface area contributed by atoms with Crippen molar-refractivity contribution in [3.8, 4) is 0 Å². The van der Waals surface area contributed by atoms with Crippen LogP contribution in [0.2, 0.25) is 0 Å². The quantitative estimate of drug-likeness (QED) is 0.926. The van der Waals surface area contributed by atoms with Crippen molar-refractivity contribution in [2.45, 2.75) is 57.3 Å². The number of hydrogen-bond donors (Lipinski definition) is 1. The number of nitrogens with zero attached hydrogens (tertiary/aromatic N) is 1. The molecule has 114 valence electrons. The van der Waals surface area contributed by atoms with Crippen LogP contribution in [0.25, 0.3) is 0 Å². The first-order valence-electron chi connectivity index (χ1n) is 7.99. The minimum atomic E-state index is -0.265. The highest BCUT2D eigenvalue weighted by atomic mass is 16.5. The van der Waals surface area contributed by atoms with Crippen LogP contribution in [0.5, 0.6) is 0 Å². The molecule has 1 aromatic carbocycles. The minimum Gasteiger partial charge on any atom is -0.450 e. The minimum absolute atomic E-state index is 0.265. The monoisotopic (exact) mass is 288 g/mol. The van der Waals surface area contributed by atoms with Gasteiger partial charge in [-0.2, -0.15) is 0 Å². The molecule has 1 unspecified atom stereocenters. The molecule has 0 aliphatic carbocycles. The van der Waals surface area contributed by atoms with Crippen LogP contribution in [0, 0.1) is 0 Å². The van der Waals surface area contributed by atoms with Crippen molar-refractivity contribution >= 4 is 6.09 Å². The predicted octanol–water partition coefficient (Wildman–Crippen LogP) is 2.93. The summed E-state index contributed by atoms with van der Waals surface area (Å²) in [4.78, 5) is 14.2. The summed E-state index contributed by atoms with van der Waals surface area (Å²) < 4.78 is 4.99. The van der Waals surface area contributed by atoms with Crippen LogP contribution in [0.4, 0.5) is 4.79 Å². The Morgan fingerprint density at radius 2 is 1.90 bits per heavy atom. The van der Waals surface area contributed by atoms with E-state index in [1.165, 1.54) is 18.4 Å². The SMILES string of the molecule is CCOC(=O)NC1C[C@H]2CC[C@@H](C1)N2Cc1ccccc1. The fourth-order valence-electron chi connectivity index (χ4n) is 3.78. The zero-order valence-electron chi connectivity index (χ0n) is 12.6. The standard InChI is InChI=1S/C17H24N2O2/c1-2-21-17(20)18-14-10-15-8-9-16(11-14)19(15)12-13-6-4-3-5-7-13/h3-7,14-16H,2,8-12H2,1H3,(H,18,20)/t14?,15-,16+. The highest BCUT2D eigenvalue weighted by Crippen LogP contribution is 2.36. The average molecular weight is 288 g/mol. The molecule has 4 nitrogen and oxygen atoms in total. The number of carbonyl (C=O) groups excluding carboxylic acids is 1. The molecular weight excluding hydrogens is 264 g/mol. The highest BCUT2D eigenvalue weighted by molar-refractivity contribution is 5.67. The van der Waals surface area contributed by atoms with Crippen molar-refractivity contribution in [1.29, 1.82) is 0 Å². The van der Waals surface area contributed by atoms with Crippen molar-refractivity contribution in [2.75, 3.05) is 6.61 Å². The lowest BCUT2D eigenvalue weighted by molar-refractivity contribution is 0.0992. The van der Waals surface area contributed by atoms with Crippen LogP contribution in [0.3, 0.4) is 0 Å². The number of alkyl carbamates (subject to hydrolysis) is 1. The lowest BCUT2D eigenvalue weighted by Crippen LogP contribution is -2.50. The average Bonchev–Trinajstić information content (AvgIpc) is 2.71. The van der Waals surface area contributed by atoms with Gasteiger partial charge in [0.25, 0.3) is 0 Å². The van der Waals surface area contributed by atoms with Gasteiger partial charge in [0.05, 0.1) is 6.61 Å². The van der Waals surface area contributed by atoms with Gasteiger partial charge < -0.3 is 10.1 Å². The molecule has 3 rings (SSSR count). The van der Waals surface area contributed by atoms with Gasteiger partial charge >= 0.3 is 6.09 Å². The Balaban J connectivity index is 1.58. The largest absolute Gasteiger partial charge is 0.450 e. The molecule has 1 N–H and O–H groups in total. The fraction of sp³-hybridized carbons (Fsp3) is 0.588. The van der Waals surface area contributed by atoms with E-state index in [4.69, 9.17) is 4.74 Å². The molecule has 2 fully saturated rings. The van der Waals surface area contributed by atoms with Crippen molar-refractivity contribution in [3.63, 3.8) is 0 Å². The number of nitrogens with one attached hydrogen (secondary N) is 1. The summed E-state index contributed by atoms with van der Waals surface area (Å²) in [5.74, 6) is 0. The predicted molar refractivity (Wildman–Crippen MR) is 82.0 cm³/mol. The van der Waals surface area contributed by atoms with E-state index in [0.29, 0.717) is 18.7 Å². The van der Waals surface area contributed by atoms with Gasteiger partial charge in [0, 0.05) is 24.7 Å². The normalized spacial score (nSPS) is 28.3. The number of fused-ring (bicyclic) bond motifs is 2. The zero-order chi connectivity index (χ0) is 14.7. The maximum atomic E-state index is 11.6. The summed E-state index contributed by atoms with van der Waals surface area (Å²) in [6, 6.07) is 12.1. The Hall–Kier alpha value is -1.55. The van der Waals surface area contributed by atoms with E-state index in [1.54, 1.807) is 0 Å². The number of piperidine rings is 1. The summed E-state index contributed by atoms with van der Waals surface area (Å²) in [6.45, 7) is 3.31. The van der Waals surface area contributed by atoms with Gasteiger partial charge in [-0.1, -0.05) is 30.3 Å². The van der Waals surface area contributed by atoms with E-state index in [2.05, 4.69) is 40.5 Å². The molecule has 0 radical (unpaired) electrons. The Kier molecular flexibility index (Phi) is 4.44. The maximum Gasteiger partial charge on any atom is 0.407 e. The van der Waals surface area contributed by atoms with E-state index in [0.717, 1.165) is 19.4 Å². The summed E-state index contributed by atoms with van der Waals surface area (Å²) in [6.07, 6.45) is 4.32. The molecule has 0 saturated carbocycles. The number of ether oxygens (including phenoxy) is 1. The zero-order valence-corrected chi connectivity index (χ0v) is 12.6. The van der Waals surface area contributed by atoms with Gasteiger partial charge in [0.1, 0.15) is 0 Å². The maximum absolute atomic E-state index is 11.6. The second-order valence-corrected chi connectivity index (χ2v) is 6.08. The van der Waals surface area contributed by atoms with Gasteiger partial charge in [-0.05, 0) is 38.2 Å². The molecule has 1 aromatic rings. The van der Waals surface area contributed by atoms with Crippen LogP contribution in [0.1, 0.15) is 38.2 Å². The molecule has 21 heavy (non-hydrogen) atoms. The molecule has 2 saturated heterocycles. The number of hydrogen-bond acceptors (Lipinski definition) is 3. The summed E-state index contributed by atoms with van der Waals surface area (Å²) in [5, 5.41) is 3.02. The van der Waals surface area contributed by atoms with Crippen molar-refractivity contribution in [1.82, 2.24) is 10.2 Å². The molecule has 4 heteroatoms. The first-order chi connectivity index (χ1) is 10.3. The Morgan fingerprint density at radius 1 is 1.24 bits per heavy atom. The topological polar surface area (TPSA) is 41.6 Å². The number of carbonyl (C=O) groups is 1. The van der Waals surface area contributed by atoms with Crippen LogP contribution in [0.15, 0.2) is 30.3 Å². The second-order valence-electron chi connectivity index (χ2n) is 6.08. The molecule has 2 aliphatic heterocycles. The lowest BCUT2D eigenvalue weighted by Gasteiger charge is -2.39. The summed E-state index contributed by atoms with van der Waals surface area (Å²) >= 11 is 0. The Labute approximate surface area is 126 Å². The number of amides is 1. The van der Waals surface area contributed by atoms with Crippen LogP contribution in [-0.4, -0.2) is 35.7 Å². The van der Waals surface area contributed by atoms with Gasteiger partial charge in [-0.15, -0.1) is 0 Å². The van der Waals surface area contributed by atoms with Crippen molar-refractivity contribution in [2.24, 2.45) is 0 Å². The van der Waals surface area contributed by atoms with E-state index in [-0.39, 0.29) is 12.1 Å². The fourth-order valence-corrected chi connectivity index (χ4v) is 3.78. The van der Waals surface area contributed by atoms with Gasteiger partial charge in [0.15, 0.2) is 0 Å². The molecule has 2 bridgehead atoms. The molecule has 3 atom stereocenters. The molecule has 2 heterocycles. The van der Waals surface area contributed by atoms with E-state index in [1.807, 2.05) is 6.92 Å². The van der Waals surface area contributed by atoms with E-state index < -0.39 is 0 Å². The Bertz CT molecular complexity index is 463. The molecule has 2 aliphatic rings. The summed E-state index contributed by atoms with van der Waals surface area (Å²) in [5.41, 5.74) is 1.38. The highest BCUT2D eigenvalue weighted by Gasteiger charge is 2.40. The van der Waals surface area contributed by atoms with E-state index in [9.17, 15) is 4.79 Å². The third kappa shape index (κ3) is 3.38. The lowest BCUT2D eigenvalue weighted by atomic mass is 9.96. The third-order valence-electron chi connectivity index (χ3n) is 4.69. The number of benzene rings is 1. The van der Waals surface area contributed by atoms with Crippen LogP contribution in [-0.2, 0) is 11.3 Å². The van der Waals surface area contributed by atoms with Crippen LogP contribution < -0.4 is 5.32 Å². The first kappa shape index (κ1) is 14.4. The molecular formula is C17H24N2O2. The van der Waals surface area contributed by atoms with Gasteiger partial charge in [-0.25, -0.2) is 4.79 Å². The van der Waals surface area contributed by atoms with Gasteiger partial charge in [0.2, 0.25) is 0 Å². The third-order valence-corrected chi connectivity index (χ3v) is 4.69. The second kappa shape index (κ2) is 6.48. The van der Waals surface area contributed by atoms with Gasteiger partial charge in [-0.3, -0.25) is 4.90 Å². The Morgan fingerprint density at radius 3 is 2.52 bits per heavy atom. The molecule has 0 spiro atoms. The smallest absolute Gasteiger partial charge is 0.407 e. The van der Waals surface area contributed by atoms with Crippen LogP contribution >= 0.6 is 0 Å². The summed E-state index contributed by atoms with van der Waals surface area (Å²) in [7, 11) is 0. The van der Waals surface area contributed by atoms with Crippen molar-refractivity contribution < 1.29 is 9.53 Å². The number of rotatable bonds is 4. The molecule has 1 amide bonds. The van der Waals surface area contributed by atoms with E-state index >= 15 is 0 Å². The van der Waals surface area contributed by atoms with Crippen molar-refractivity contribution in [3.05, 3.63) is 35.9 Å². The first-order valence-corrected chi connectivity index (χ1v) is 7.99. The molecule has 0 aromatic heterocycles.